The van der Waals surface area contributed by atoms with Crippen LogP contribution in [-0.4, -0.2) is 16.2 Å². The summed E-state index contributed by atoms with van der Waals surface area (Å²) in [4.78, 5) is 25.2. The number of fused-ring (bicyclic) bond motifs is 1. The molecule has 154 valence electrons. The number of benzene rings is 3. The summed E-state index contributed by atoms with van der Waals surface area (Å²) in [5.74, 6) is 1.47. The Kier molecular flexibility index (Phi) is 5.74. The fourth-order valence-corrected chi connectivity index (χ4v) is 3.25. The van der Waals surface area contributed by atoms with E-state index >= 15 is 0 Å². The van der Waals surface area contributed by atoms with Gasteiger partial charge in [-0.15, -0.1) is 0 Å². The number of aromatic nitrogens is 2. The van der Waals surface area contributed by atoms with E-state index in [-0.39, 0.29) is 13.2 Å². The SMILES string of the molecule is N#Cc1ccc2c(Oc3ccc(Cl)cc3OCCn3ccc(=O)[nH]c3=O)cccc2c1. The van der Waals surface area contributed by atoms with E-state index in [4.69, 9.17) is 26.3 Å². The molecular formula is C23H16ClN3O4. The van der Waals surface area contributed by atoms with Crippen LogP contribution in [0.4, 0.5) is 0 Å². The maximum absolute atomic E-state index is 11.8. The van der Waals surface area contributed by atoms with Crippen LogP contribution in [0.1, 0.15) is 5.56 Å². The van der Waals surface area contributed by atoms with Crippen molar-refractivity contribution in [3.63, 3.8) is 0 Å². The molecule has 1 aromatic heterocycles. The first-order valence-electron chi connectivity index (χ1n) is 9.36. The molecule has 4 rings (SSSR count). The molecule has 0 spiro atoms. The third kappa shape index (κ3) is 4.60. The molecule has 0 amide bonds. The Balaban J connectivity index is 1.57. The third-order valence-corrected chi connectivity index (χ3v) is 4.82. The molecule has 0 aliphatic rings. The summed E-state index contributed by atoms with van der Waals surface area (Å²) in [6.45, 7) is 0.385. The number of rotatable bonds is 6. The van der Waals surface area contributed by atoms with Crippen LogP contribution >= 0.6 is 11.6 Å². The molecular weight excluding hydrogens is 418 g/mol. The summed E-state index contributed by atoms with van der Waals surface area (Å²) >= 11 is 6.13. The topological polar surface area (TPSA) is 97.1 Å². The first kappa shape index (κ1) is 20.3. The van der Waals surface area contributed by atoms with Gasteiger partial charge in [-0.3, -0.25) is 14.3 Å². The minimum Gasteiger partial charge on any atom is -0.488 e. The lowest BCUT2D eigenvalue weighted by Crippen LogP contribution is -2.30. The zero-order valence-electron chi connectivity index (χ0n) is 16.2. The Hall–Kier alpha value is -4.02. The van der Waals surface area contributed by atoms with Gasteiger partial charge in [0.25, 0.3) is 5.56 Å². The summed E-state index contributed by atoms with van der Waals surface area (Å²) in [6.07, 6.45) is 1.41. The number of halogens is 1. The molecule has 1 heterocycles. The third-order valence-electron chi connectivity index (χ3n) is 4.58. The van der Waals surface area contributed by atoms with Crippen LogP contribution < -0.4 is 20.7 Å². The number of hydrogen-bond acceptors (Lipinski definition) is 5. The van der Waals surface area contributed by atoms with Gasteiger partial charge in [0.15, 0.2) is 11.5 Å². The Morgan fingerprint density at radius 3 is 2.68 bits per heavy atom. The van der Waals surface area contributed by atoms with Crippen molar-refractivity contribution in [2.75, 3.05) is 6.61 Å². The van der Waals surface area contributed by atoms with Crippen molar-refractivity contribution in [3.8, 4) is 23.3 Å². The average molecular weight is 434 g/mol. The second kappa shape index (κ2) is 8.78. The number of nitrogens with one attached hydrogen (secondary N) is 1. The maximum Gasteiger partial charge on any atom is 0.328 e. The summed E-state index contributed by atoms with van der Waals surface area (Å²) in [5.41, 5.74) is -0.395. The molecule has 0 unspecified atom stereocenters. The van der Waals surface area contributed by atoms with Crippen LogP contribution in [-0.2, 0) is 6.54 Å². The van der Waals surface area contributed by atoms with E-state index in [1.54, 1.807) is 30.3 Å². The molecule has 0 radical (unpaired) electrons. The quantitative estimate of drug-likeness (QED) is 0.494. The van der Waals surface area contributed by atoms with Crippen LogP contribution in [0.15, 0.2) is 76.4 Å². The van der Waals surface area contributed by atoms with Crippen molar-refractivity contribution >= 4 is 22.4 Å². The van der Waals surface area contributed by atoms with Crippen LogP contribution in [0.3, 0.4) is 0 Å². The Labute approximate surface area is 181 Å². The van der Waals surface area contributed by atoms with Crippen LogP contribution in [0.2, 0.25) is 5.02 Å². The molecule has 4 aromatic rings. The number of hydrogen-bond donors (Lipinski definition) is 1. The number of H-pyrrole nitrogens is 1. The molecule has 0 atom stereocenters. The smallest absolute Gasteiger partial charge is 0.328 e. The predicted octanol–water partition coefficient (Wildman–Crippen LogP) is 4.09. The molecule has 1 N–H and O–H groups in total. The average Bonchev–Trinajstić information content (AvgIpc) is 2.76. The summed E-state index contributed by atoms with van der Waals surface area (Å²) in [5, 5.41) is 11.3. The molecule has 0 bridgehead atoms. The summed E-state index contributed by atoms with van der Waals surface area (Å²) in [7, 11) is 0. The van der Waals surface area contributed by atoms with Crippen LogP contribution in [0.5, 0.6) is 17.2 Å². The lowest BCUT2D eigenvalue weighted by Gasteiger charge is -2.15. The monoisotopic (exact) mass is 433 g/mol. The standard InChI is InChI=1S/C23H16ClN3O4/c24-17-5-7-20(21(13-17)30-11-10-27-9-8-22(28)26-23(27)29)31-19-3-1-2-16-12-15(14-25)4-6-18(16)19/h1-9,12-13H,10-11H2,(H,26,28,29). The highest BCUT2D eigenvalue weighted by Gasteiger charge is 2.11. The summed E-state index contributed by atoms with van der Waals surface area (Å²) < 4.78 is 13.3. The van der Waals surface area contributed by atoms with E-state index in [1.807, 2.05) is 24.3 Å². The molecule has 3 aromatic carbocycles. The van der Waals surface area contributed by atoms with Gasteiger partial charge in [-0.2, -0.15) is 5.26 Å². The van der Waals surface area contributed by atoms with Crippen LogP contribution in [0, 0.1) is 11.3 Å². The highest BCUT2D eigenvalue weighted by molar-refractivity contribution is 6.30. The molecule has 0 saturated heterocycles. The van der Waals surface area contributed by atoms with Gasteiger partial charge in [0.05, 0.1) is 18.2 Å². The molecule has 0 saturated carbocycles. The minimum atomic E-state index is -0.508. The predicted molar refractivity (Wildman–Crippen MR) is 117 cm³/mol. The zero-order chi connectivity index (χ0) is 21.8. The largest absolute Gasteiger partial charge is 0.488 e. The van der Waals surface area contributed by atoms with Crippen molar-refractivity contribution in [2.45, 2.75) is 6.54 Å². The minimum absolute atomic E-state index is 0.156. The number of nitriles is 1. The van der Waals surface area contributed by atoms with E-state index in [0.717, 1.165) is 10.8 Å². The molecule has 0 aliphatic carbocycles. The highest BCUT2D eigenvalue weighted by atomic mass is 35.5. The first-order chi connectivity index (χ1) is 15.0. The van der Waals surface area contributed by atoms with Crippen molar-refractivity contribution < 1.29 is 9.47 Å². The lowest BCUT2D eigenvalue weighted by atomic mass is 10.1. The first-order valence-corrected chi connectivity index (χ1v) is 9.74. The van der Waals surface area contributed by atoms with E-state index in [9.17, 15) is 9.59 Å². The van der Waals surface area contributed by atoms with Gasteiger partial charge in [0.1, 0.15) is 12.4 Å². The molecule has 8 heteroatoms. The van der Waals surface area contributed by atoms with Gasteiger partial charge in [0, 0.05) is 28.7 Å². The molecule has 0 fully saturated rings. The summed E-state index contributed by atoms with van der Waals surface area (Å²) in [6, 6.07) is 19.4. The van der Waals surface area contributed by atoms with Gasteiger partial charge >= 0.3 is 5.69 Å². The van der Waals surface area contributed by atoms with Crippen molar-refractivity contribution in [3.05, 3.63) is 98.3 Å². The normalized spacial score (nSPS) is 10.6. The second-order valence-corrected chi connectivity index (χ2v) is 7.09. The molecule has 0 aliphatic heterocycles. The zero-order valence-corrected chi connectivity index (χ0v) is 16.9. The fraction of sp³-hybridized carbons (Fsp3) is 0.0870. The Bertz CT molecular complexity index is 1420. The van der Waals surface area contributed by atoms with Crippen molar-refractivity contribution in [1.82, 2.24) is 9.55 Å². The van der Waals surface area contributed by atoms with Gasteiger partial charge in [-0.1, -0.05) is 23.7 Å². The fourth-order valence-electron chi connectivity index (χ4n) is 3.08. The number of aromatic amines is 1. The number of ether oxygens (including phenoxy) is 2. The second-order valence-electron chi connectivity index (χ2n) is 6.65. The molecule has 7 nitrogen and oxygen atoms in total. The van der Waals surface area contributed by atoms with E-state index < -0.39 is 11.2 Å². The lowest BCUT2D eigenvalue weighted by molar-refractivity contribution is 0.283. The van der Waals surface area contributed by atoms with Gasteiger partial charge in [0.2, 0.25) is 0 Å². The Morgan fingerprint density at radius 2 is 1.87 bits per heavy atom. The highest BCUT2D eigenvalue weighted by Crippen LogP contribution is 2.37. The number of nitrogens with zero attached hydrogens (tertiary/aromatic N) is 2. The van der Waals surface area contributed by atoms with E-state index in [2.05, 4.69) is 11.1 Å². The van der Waals surface area contributed by atoms with Gasteiger partial charge in [-0.05, 0) is 41.8 Å². The molecule has 31 heavy (non-hydrogen) atoms. The van der Waals surface area contributed by atoms with Crippen molar-refractivity contribution in [2.24, 2.45) is 0 Å². The van der Waals surface area contributed by atoms with Gasteiger partial charge in [-0.25, -0.2) is 4.79 Å². The van der Waals surface area contributed by atoms with E-state index in [0.29, 0.717) is 27.8 Å². The van der Waals surface area contributed by atoms with E-state index in [1.165, 1.54) is 16.8 Å². The van der Waals surface area contributed by atoms with Crippen molar-refractivity contribution in [1.29, 1.82) is 5.26 Å². The van der Waals surface area contributed by atoms with Gasteiger partial charge < -0.3 is 9.47 Å². The maximum atomic E-state index is 11.8. The van der Waals surface area contributed by atoms with Crippen LogP contribution in [0.25, 0.3) is 10.8 Å². The Morgan fingerprint density at radius 1 is 1.00 bits per heavy atom.